The van der Waals surface area contributed by atoms with Crippen LogP contribution in [0, 0.1) is 0 Å². The molecule has 0 bridgehead atoms. The number of nitrogens with zero attached hydrogens (tertiary/aromatic N) is 1. The van der Waals surface area contributed by atoms with Crippen LogP contribution in [-0.4, -0.2) is 32.4 Å². The number of hydrogen-bond donors (Lipinski definition) is 2. The van der Waals surface area contributed by atoms with Crippen molar-refractivity contribution in [3.05, 3.63) is 59.9 Å². The maximum atomic E-state index is 11.5. The zero-order chi connectivity index (χ0) is 17.6. The number of hydrogen-bond acceptors (Lipinski definition) is 4. The van der Waals surface area contributed by atoms with Crippen LogP contribution in [0.3, 0.4) is 0 Å². The van der Waals surface area contributed by atoms with Gasteiger partial charge in [-0.15, -0.1) is 11.8 Å². The third kappa shape index (κ3) is 2.55. The molecule has 25 heavy (non-hydrogen) atoms. The molecule has 2 heterocycles. The molecule has 0 fully saturated rings. The van der Waals surface area contributed by atoms with E-state index in [1.54, 1.807) is 36.7 Å². The molecule has 0 saturated heterocycles. The summed E-state index contributed by atoms with van der Waals surface area (Å²) in [5.74, 6) is -1.81. The molecule has 1 aliphatic rings. The zero-order valence-electron chi connectivity index (χ0n) is 13.0. The fourth-order valence-corrected chi connectivity index (χ4v) is 4.44. The van der Waals surface area contributed by atoms with Gasteiger partial charge in [0.05, 0.1) is 5.56 Å². The molecule has 0 radical (unpaired) electrons. The van der Waals surface area contributed by atoms with Gasteiger partial charge in [-0.3, -0.25) is 9.78 Å². The van der Waals surface area contributed by atoms with Crippen LogP contribution in [-0.2, 0) is 11.2 Å². The predicted octanol–water partition coefficient (Wildman–Crippen LogP) is 3.70. The highest BCUT2D eigenvalue weighted by molar-refractivity contribution is 8.01. The molecule has 5 nitrogen and oxygen atoms in total. The van der Waals surface area contributed by atoms with Gasteiger partial charge in [0.25, 0.3) is 0 Å². The van der Waals surface area contributed by atoms with E-state index in [2.05, 4.69) is 4.98 Å². The number of fused-ring (bicyclic) bond motifs is 2. The van der Waals surface area contributed by atoms with Gasteiger partial charge < -0.3 is 10.2 Å². The topological polar surface area (TPSA) is 87.5 Å². The molecule has 4 rings (SSSR count). The molecule has 3 aromatic rings. The maximum absolute atomic E-state index is 11.5. The van der Waals surface area contributed by atoms with E-state index in [1.807, 2.05) is 12.1 Å². The molecule has 1 aliphatic heterocycles. The summed E-state index contributed by atoms with van der Waals surface area (Å²) in [4.78, 5) is 28.0. The van der Waals surface area contributed by atoms with E-state index in [0.29, 0.717) is 11.8 Å². The first-order valence-corrected chi connectivity index (χ1v) is 8.56. The molecule has 0 amide bonds. The van der Waals surface area contributed by atoms with Crippen molar-refractivity contribution in [3.8, 4) is 11.1 Å². The third-order valence-corrected chi connectivity index (χ3v) is 5.73. The quantitative estimate of drug-likeness (QED) is 0.748. The standard InChI is InChI=1S/C19H13NO4S/c21-18(22)14-6-5-13(11-3-1-2-4-12(11)14)15-9-20-8-10-7-16(19(23)24)25-17(10)15/h1-6,8-9,16H,7H2,(H,21,22)(H,23,24). The largest absolute Gasteiger partial charge is 0.480 e. The fourth-order valence-electron chi connectivity index (χ4n) is 3.21. The Balaban J connectivity index is 1.94. The lowest BCUT2D eigenvalue weighted by Crippen LogP contribution is -2.14. The van der Waals surface area contributed by atoms with Gasteiger partial charge in [0.2, 0.25) is 0 Å². The fraction of sp³-hybridized carbons (Fsp3) is 0.105. The lowest BCUT2D eigenvalue weighted by molar-refractivity contribution is -0.136. The van der Waals surface area contributed by atoms with E-state index in [4.69, 9.17) is 0 Å². The molecule has 0 spiro atoms. The molecule has 124 valence electrons. The smallest absolute Gasteiger partial charge is 0.336 e. The van der Waals surface area contributed by atoms with Crippen molar-refractivity contribution >= 4 is 34.5 Å². The Bertz CT molecular complexity index is 1030. The van der Waals surface area contributed by atoms with Gasteiger partial charge in [-0.1, -0.05) is 30.3 Å². The first-order chi connectivity index (χ1) is 12.1. The number of carbonyl (C=O) groups is 2. The highest BCUT2D eigenvalue weighted by Crippen LogP contribution is 2.44. The Morgan fingerprint density at radius 3 is 2.48 bits per heavy atom. The SMILES string of the molecule is O=C(O)c1ccc(-c2cncc3c2SC(C(=O)O)C3)c2ccccc12. The van der Waals surface area contributed by atoms with Crippen LogP contribution in [0.5, 0.6) is 0 Å². The normalized spacial score (nSPS) is 15.9. The van der Waals surface area contributed by atoms with Crippen molar-refractivity contribution < 1.29 is 19.8 Å². The van der Waals surface area contributed by atoms with E-state index in [9.17, 15) is 19.8 Å². The number of aromatic carboxylic acids is 1. The average molecular weight is 351 g/mol. The van der Waals surface area contributed by atoms with Crippen LogP contribution in [0.25, 0.3) is 21.9 Å². The number of pyridine rings is 1. The Hall–Kier alpha value is -2.86. The first-order valence-electron chi connectivity index (χ1n) is 7.68. The van der Waals surface area contributed by atoms with Crippen molar-refractivity contribution in [2.45, 2.75) is 16.6 Å². The molecule has 2 N–H and O–H groups in total. The summed E-state index contributed by atoms with van der Waals surface area (Å²) in [7, 11) is 0. The summed E-state index contributed by atoms with van der Waals surface area (Å²) < 4.78 is 0. The number of aromatic nitrogens is 1. The third-order valence-electron chi connectivity index (χ3n) is 4.36. The van der Waals surface area contributed by atoms with Crippen LogP contribution in [0.15, 0.2) is 53.7 Å². The minimum absolute atomic E-state index is 0.246. The summed E-state index contributed by atoms with van der Waals surface area (Å²) in [5.41, 5.74) is 2.88. The van der Waals surface area contributed by atoms with Crippen LogP contribution in [0.1, 0.15) is 15.9 Å². The molecule has 1 unspecified atom stereocenters. The monoisotopic (exact) mass is 351 g/mol. The van der Waals surface area contributed by atoms with Crippen LogP contribution in [0.2, 0.25) is 0 Å². The lowest BCUT2D eigenvalue weighted by atomic mass is 9.95. The summed E-state index contributed by atoms with van der Waals surface area (Å²) in [5, 5.41) is 19.7. The second-order valence-electron chi connectivity index (χ2n) is 5.84. The van der Waals surface area contributed by atoms with E-state index in [-0.39, 0.29) is 5.56 Å². The number of benzene rings is 2. The van der Waals surface area contributed by atoms with Crippen LogP contribution in [0.4, 0.5) is 0 Å². The molecule has 1 atom stereocenters. The Labute approximate surface area is 147 Å². The van der Waals surface area contributed by atoms with Crippen LogP contribution >= 0.6 is 11.8 Å². The zero-order valence-corrected chi connectivity index (χ0v) is 13.8. The molecule has 0 saturated carbocycles. The molecule has 6 heteroatoms. The molecular formula is C19H13NO4S. The van der Waals surface area contributed by atoms with Crippen molar-refractivity contribution in [1.82, 2.24) is 4.98 Å². The van der Waals surface area contributed by atoms with E-state index < -0.39 is 17.2 Å². The molecule has 0 aliphatic carbocycles. The minimum Gasteiger partial charge on any atom is -0.480 e. The van der Waals surface area contributed by atoms with Crippen molar-refractivity contribution in [2.75, 3.05) is 0 Å². The Morgan fingerprint density at radius 1 is 1.00 bits per heavy atom. The average Bonchev–Trinajstić information content (AvgIpc) is 3.05. The minimum atomic E-state index is -0.973. The number of aliphatic carboxylic acids is 1. The van der Waals surface area contributed by atoms with Crippen molar-refractivity contribution in [2.24, 2.45) is 0 Å². The summed E-state index contributed by atoms with van der Waals surface area (Å²) in [6.07, 6.45) is 3.88. The summed E-state index contributed by atoms with van der Waals surface area (Å²) >= 11 is 1.33. The van der Waals surface area contributed by atoms with Crippen LogP contribution < -0.4 is 0 Å². The lowest BCUT2D eigenvalue weighted by Gasteiger charge is -2.12. The molecule has 2 aromatic carbocycles. The second kappa shape index (κ2) is 5.89. The van der Waals surface area contributed by atoms with Crippen molar-refractivity contribution in [3.63, 3.8) is 0 Å². The summed E-state index contributed by atoms with van der Waals surface area (Å²) in [6, 6.07) is 10.7. The maximum Gasteiger partial charge on any atom is 0.336 e. The van der Waals surface area contributed by atoms with Gasteiger partial charge in [-0.05, 0) is 34.4 Å². The Morgan fingerprint density at radius 2 is 1.76 bits per heavy atom. The van der Waals surface area contributed by atoms with E-state index in [1.165, 1.54) is 11.8 Å². The molecule has 1 aromatic heterocycles. The van der Waals surface area contributed by atoms with Gasteiger partial charge in [0.15, 0.2) is 0 Å². The highest BCUT2D eigenvalue weighted by Gasteiger charge is 2.30. The second-order valence-corrected chi connectivity index (χ2v) is 7.05. The van der Waals surface area contributed by atoms with E-state index in [0.717, 1.165) is 27.0 Å². The van der Waals surface area contributed by atoms with E-state index >= 15 is 0 Å². The van der Waals surface area contributed by atoms with Gasteiger partial charge in [0.1, 0.15) is 5.25 Å². The van der Waals surface area contributed by atoms with Gasteiger partial charge >= 0.3 is 11.9 Å². The predicted molar refractivity (Wildman–Crippen MR) is 95.1 cm³/mol. The number of carboxylic acid groups (broad SMARTS) is 2. The first kappa shape index (κ1) is 15.7. The number of carboxylic acids is 2. The highest BCUT2D eigenvalue weighted by atomic mass is 32.2. The Kier molecular flexibility index (Phi) is 3.69. The van der Waals surface area contributed by atoms with Gasteiger partial charge in [-0.25, -0.2) is 4.79 Å². The number of rotatable bonds is 3. The summed E-state index contributed by atoms with van der Waals surface area (Å²) in [6.45, 7) is 0. The van der Waals surface area contributed by atoms with Gasteiger partial charge in [-0.2, -0.15) is 0 Å². The van der Waals surface area contributed by atoms with Crippen molar-refractivity contribution in [1.29, 1.82) is 0 Å². The molecular weight excluding hydrogens is 338 g/mol. The van der Waals surface area contributed by atoms with Gasteiger partial charge in [0, 0.05) is 22.9 Å². The number of thioether (sulfide) groups is 1.